The number of para-hydroxylation sites is 2. The van der Waals surface area contributed by atoms with E-state index in [9.17, 15) is 13.2 Å². The van der Waals surface area contributed by atoms with E-state index in [1.807, 2.05) is 48.7 Å². The minimum Gasteiger partial charge on any atom is -0.369 e. The second-order valence-corrected chi connectivity index (χ2v) is 8.27. The first-order valence-corrected chi connectivity index (χ1v) is 11.1. The van der Waals surface area contributed by atoms with Gasteiger partial charge in [0.1, 0.15) is 11.5 Å². The molecule has 3 aromatic heterocycles. The van der Waals surface area contributed by atoms with E-state index in [1.165, 1.54) is 17.0 Å². The molecule has 0 aliphatic rings. The lowest BCUT2D eigenvalue weighted by atomic mass is 10.1. The van der Waals surface area contributed by atoms with Gasteiger partial charge in [-0.3, -0.25) is 0 Å². The van der Waals surface area contributed by atoms with Gasteiger partial charge < -0.3 is 10.3 Å². The summed E-state index contributed by atoms with van der Waals surface area (Å²) in [5.41, 5.74) is 3.28. The first-order valence-electron chi connectivity index (χ1n) is 11.1. The number of anilines is 1. The van der Waals surface area contributed by atoms with Crippen molar-refractivity contribution in [3.05, 3.63) is 90.1 Å². The van der Waals surface area contributed by atoms with Crippen molar-refractivity contribution in [3.63, 3.8) is 0 Å². The number of nitrogens with zero attached hydrogens (tertiary/aromatic N) is 4. The molecule has 3 aromatic carbocycles. The van der Waals surface area contributed by atoms with E-state index >= 15 is 0 Å². The number of nitrogens with one attached hydrogen (secondary N) is 2. The molecule has 0 aliphatic heterocycles. The second kappa shape index (κ2) is 8.12. The number of aromatic nitrogens is 5. The lowest BCUT2D eigenvalue weighted by Crippen LogP contribution is -2.08. The fourth-order valence-corrected chi connectivity index (χ4v) is 4.38. The number of aromatic amines is 1. The molecule has 0 aliphatic carbocycles. The molecule has 6 aromatic rings. The number of rotatable bonds is 5. The molecule has 174 valence electrons. The zero-order valence-corrected chi connectivity index (χ0v) is 18.3. The zero-order chi connectivity index (χ0) is 24.0. The molecule has 35 heavy (non-hydrogen) atoms. The Morgan fingerprint density at radius 2 is 1.71 bits per heavy atom. The van der Waals surface area contributed by atoms with Crippen LogP contribution in [0.4, 0.5) is 19.0 Å². The topological polar surface area (TPSA) is 70.9 Å². The number of hydrogen-bond acceptors (Lipinski definition) is 4. The highest BCUT2D eigenvalue weighted by Gasteiger charge is 2.31. The van der Waals surface area contributed by atoms with Crippen LogP contribution in [0.2, 0.25) is 0 Å². The number of benzene rings is 3. The van der Waals surface area contributed by atoms with Gasteiger partial charge in [0.25, 0.3) is 0 Å². The van der Waals surface area contributed by atoms with Gasteiger partial charge in [0.2, 0.25) is 0 Å². The molecule has 0 saturated heterocycles. The van der Waals surface area contributed by atoms with Crippen molar-refractivity contribution in [2.75, 3.05) is 11.9 Å². The summed E-state index contributed by atoms with van der Waals surface area (Å²) in [7, 11) is 0. The molecule has 0 fully saturated rings. The molecule has 0 bridgehead atoms. The minimum absolute atomic E-state index is 0.293. The van der Waals surface area contributed by atoms with Crippen molar-refractivity contribution in [1.82, 2.24) is 24.8 Å². The van der Waals surface area contributed by atoms with Crippen molar-refractivity contribution in [2.45, 2.75) is 12.6 Å². The second-order valence-electron chi connectivity index (χ2n) is 8.27. The van der Waals surface area contributed by atoms with Crippen molar-refractivity contribution in [3.8, 4) is 11.3 Å². The van der Waals surface area contributed by atoms with Crippen molar-refractivity contribution >= 4 is 33.3 Å². The van der Waals surface area contributed by atoms with Gasteiger partial charge in [-0.25, -0.2) is 4.98 Å². The van der Waals surface area contributed by atoms with Crippen LogP contribution in [0.25, 0.3) is 38.7 Å². The zero-order valence-electron chi connectivity index (χ0n) is 18.3. The molecule has 6 rings (SSSR count). The number of hydrogen-bond donors (Lipinski definition) is 2. The normalized spacial score (nSPS) is 12.1. The molecule has 3 heterocycles. The average Bonchev–Trinajstić information content (AvgIpc) is 3.48. The van der Waals surface area contributed by atoms with Crippen molar-refractivity contribution in [1.29, 1.82) is 0 Å². The third-order valence-corrected chi connectivity index (χ3v) is 6.08. The predicted octanol–water partition coefficient (Wildman–Crippen LogP) is 6.10. The Bertz CT molecular complexity index is 1680. The molecule has 0 spiro atoms. The third kappa shape index (κ3) is 3.74. The molecule has 0 radical (unpaired) electrons. The predicted molar refractivity (Wildman–Crippen MR) is 129 cm³/mol. The Balaban J connectivity index is 1.39. The summed E-state index contributed by atoms with van der Waals surface area (Å²) in [5, 5.41) is 13.8. The van der Waals surface area contributed by atoms with E-state index in [1.54, 1.807) is 10.6 Å². The van der Waals surface area contributed by atoms with E-state index < -0.39 is 11.7 Å². The summed E-state index contributed by atoms with van der Waals surface area (Å²) >= 11 is 0. The molecule has 0 amide bonds. The summed E-state index contributed by atoms with van der Waals surface area (Å²) in [6.45, 7) is 0.621. The van der Waals surface area contributed by atoms with Gasteiger partial charge in [-0.2, -0.15) is 17.7 Å². The Hall–Kier alpha value is -4.40. The maximum absolute atomic E-state index is 13.3. The monoisotopic (exact) mass is 472 g/mol. The molecule has 0 saturated carbocycles. The summed E-state index contributed by atoms with van der Waals surface area (Å²) in [5.74, 6) is 0.628. The SMILES string of the molecule is FC(F)(F)c1cccc(-c2nnn3c2nc(NCCc2c[nH]c4ccccc24)c2ccccc23)c1. The van der Waals surface area contributed by atoms with E-state index in [0.717, 1.165) is 35.0 Å². The van der Waals surface area contributed by atoms with Crippen LogP contribution >= 0.6 is 0 Å². The fraction of sp³-hybridized carbons (Fsp3) is 0.115. The number of halogens is 3. The van der Waals surface area contributed by atoms with Crippen LogP contribution in [0, 0.1) is 0 Å². The number of alkyl halides is 3. The van der Waals surface area contributed by atoms with Crippen LogP contribution in [-0.2, 0) is 12.6 Å². The Morgan fingerprint density at radius 3 is 2.57 bits per heavy atom. The minimum atomic E-state index is -4.45. The molecular formula is C26H19F3N6. The van der Waals surface area contributed by atoms with Gasteiger partial charge in [-0.05, 0) is 42.3 Å². The van der Waals surface area contributed by atoms with E-state index in [0.29, 0.717) is 29.3 Å². The van der Waals surface area contributed by atoms with Gasteiger partial charge in [0.15, 0.2) is 5.65 Å². The van der Waals surface area contributed by atoms with Crippen LogP contribution in [-0.4, -0.2) is 31.3 Å². The largest absolute Gasteiger partial charge is 0.416 e. The molecule has 9 heteroatoms. The fourth-order valence-electron chi connectivity index (χ4n) is 4.38. The first-order chi connectivity index (χ1) is 17.0. The number of fused-ring (bicyclic) bond motifs is 4. The molecule has 0 atom stereocenters. The maximum Gasteiger partial charge on any atom is 0.416 e. The van der Waals surface area contributed by atoms with E-state index in [-0.39, 0.29) is 0 Å². The molecule has 0 unspecified atom stereocenters. The van der Waals surface area contributed by atoms with Gasteiger partial charge in [0, 0.05) is 34.6 Å². The molecule has 6 nitrogen and oxygen atoms in total. The van der Waals surface area contributed by atoms with Gasteiger partial charge in [-0.15, -0.1) is 5.10 Å². The Kier molecular flexibility index (Phi) is 4.91. The molecular weight excluding hydrogens is 453 g/mol. The van der Waals surface area contributed by atoms with Crippen LogP contribution in [0.5, 0.6) is 0 Å². The average molecular weight is 472 g/mol. The quantitative estimate of drug-likeness (QED) is 0.318. The Labute approximate surface area is 197 Å². The van der Waals surface area contributed by atoms with Crippen LogP contribution in [0.3, 0.4) is 0 Å². The number of H-pyrrole nitrogens is 1. The van der Waals surface area contributed by atoms with E-state index in [4.69, 9.17) is 4.98 Å². The summed E-state index contributed by atoms with van der Waals surface area (Å²) in [6, 6.07) is 20.8. The summed E-state index contributed by atoms with van der Waals surface area (Å²) in [4.78, 5) is 8.04. The van der Waals surface area contributed by atoms with Gasteiger partial charge in [-0.1, -0.05) is 47.7 Å². The smallest absolute Gasteiger partial charge is 0.369 e. The standard InChI is InChI=1S/C26H19F3N6/c27-26(28,29)18-7-5-6-16(14-18)23-25-32-24(20-9-2-4-11-22(20)35(25)34-33-23)30-13-12-17-15-31-21-10-3-1-8-19(17)21/h1-11,14-15,31H,12-13H2,(H,30,32). The van der Waals surface area contributed by atoms with Crippen molar-refractivity contribution in [2.24, 2.45) is 0 Å². The lowest BCUT2D eigenvalue weighted by Gasteiger charge is -2.11. The highest BCUT2D eigenvalue weighted by Crippen LogP contribution is 2.33. The summed E-state index contributed by atoms with van der Waals surface area (Å²) < 4.78 is 41.4. The highest BCUT2D eigenvalue weighted by molar-refractivity contribution is 5.93. The molecule has 2 N–H and O–H groups in total. The summed E-state index contributed by atoms with van der Waals surface area (Å²) in [6.07, 6.45) is -1.68. The van der Waals surface area contributed by atoms with Gasteiger partial charge in [0.05, 0.1) is 11.1 Å². The van der Waals surface area contributed by atoms with Crippen molar-refractivity contribution < 1.29 is 13.2 Å². The lowest BCUT2D eigenvalue weighted by molar-refractivity contribution is -0.137. The van der Waals surface area contributed by atoms with E-state index in [2.05, 4.69) is 26.7 Å². The van der Waals surface area contributed by atoms with Gasteiger partial charge >= 0.3 is 6.18 Å². The third-order valence-electron chi connectivity index (χ3n) is 6.08. The first kappa shape index (κ1) is 21.2. The van der Waals surface area contributed by atoms with Crippen LogP contribution in [0.1, 0.15) is 11.1 Å². The highest BCUT2D eigenvalue weighted by atomic mass is 19.4. The maximum atomic E-state index is 13.3. The van der Waals surface area contributed by atoms with Crippen LogP contribution in [0.15, 0.2) is 79.0 Å². The van der Waals surface area contributed by atoms with Crippen LogP contribution < -0.4 is 5.32 Å². The Morgan fingerprint density at radius 1 is 0.914 bits per heavy atom.